The Morgan fingerprint density at radius 1 is 1.17 bits per heavy atom. The van der Waals surface area contributed by atoms with E-state index in [4.69, 9.17) is 0 Å². The number of carbonyl (C=O) groups excluding carboxylic acids is 1. The number of hydrogen-bond acceptors (Lipinski definition) is 2. The number of likely N-dealkylation sites (tertiary alicyclic amines) is 1. The fourth-order valence-corrected chi connectivity index (χ4v) is 2.78. The molecule has 0 spiro atoms. The van der Waals surface area contributed by atoms with Gasteiger partial charge < -0.3 is 9.80 Å². The summed E-state index contributed by atoms with van der Waals surface area (Å²) >= 11 is 0. The number of hydrogen-bond donors (Lipinski definition) is 0. The summed E-state index contributed by atoms with van der Waals surface area (Å²) in [5.41, 5.74) is 0. The molecule has 0 aromatic rings. The molecule has 0 bridgehead atoms. The molecule has 0 N–H and O–H groups in total. The number of urea groups is 1. The van der Waals surface area contributed by atoms with E-state index in [9.17, 15) is 9.18 Å². The number of rotatable bonds is 2. The standard InChI is InChI=1S/C13H24FN3O/c1-2-5-15-7-9-16(10-8-15)13(18)17-6-3-4-12(14)11-17/h12H,2-11H2,1H3. The number of piperidine rings is 1. The lowest BCUT2D eigenvalue weighted by Crippen LogP contribution is -2.54. The first kappa shape index (κ1) is 13.6. The maximum absolute atomic E-state index is 13.3. The summed E-state index contributed by atoms with van der Waals surface area (Å²) in [4.78, 5) is 18.2. The van der Waals surface area contributed by atoms with E-state index in [0.29, 0.717) is 13.0 Å². The summed E-state index contributed by atoms with van der Waals surface area (Å²) in [6.45, 7) is 7.75. The topological polar surface area (TPSA) is 26.8 Å². The second-order valence-corrected chi connectivity index (χ2v) is 5.30. The van der Waals surface area contributed by atoms with Gasteiger partial charge in [-0.25, -0.2) is 9.18 Å². The van der Waals surface area contributed by atoms with Gasteiger partial charge in [0.1, 0.15) is 6.17 Å². The van der Waals surface area contributed by atoms with Gasteiger partial charge in [-0.3, -0.25) is 4.90 Å². The van der Waals surface area contributed by atoms with Crippen molar-refractivity contribution in [3.8, 4) is 0 Å². The first-order chi connectivity index (χ1) is 8.70. The highest BCUT2D eigenvalue weighted by molar-refractivity contribution is 5.74. The van der Waals surface area contributed by atoms with Crippen LogP contribution in [0.25, 0.3) is 0 Å². The number of alkyl halides is 1. The van der Waals surface area contributed by atoms with E-state index in [1.807, 2.05) is 4.90 Å². The zero-order valence-corrected chi connectivity index (χ0v) is 11.3. The fraction of sp³-hybridized carbons (Fsp3) is 0.923. The van der Waals surface area contributed by atoms with Crippen molar-refractivity contribution < 1.29 is 9.18 Å². The largest absolute Gasteiger partial charge is 0.322 e. The normalized spacial score (nSPS) is 26.4. The predicted molar refractivity (Wildman–Crippen MR) is 69.4 cm³/mol. The van der Waals surface area contributed by atoms with Gasteiger partial charge in [0.05, 0.1) is 6.54 Å². The Hall–Kier alpha value is -0.840. The molecule has 0 aromatic carbocycles. The molecule has 1 atom stereocenters. The summed E-state index contributed by atoms with van der Waals surface area (Å²) in [6.07, 6.45) is 1.73. The first-order valence-electron chi connectivity index (χ1n) is 7.11. The zero-order valence-electron chi connectivity index (χ0n) is 11.3. The molecule has 0 saturated carbocycles. The van der Waals surface area contributed by atoms with Crippen LogP contribution >= 0.6 is 0 Å². The zero-order chi connectivity index (χ0) is 13.0. The fourth-order valence-electron chi connectivity index (χ4n) is 2.78. The van der Waals surface area contributed by atoms with E-state index >= 15 is 0 Å². The molecule has 0 aromatic heterocycles. The van der Waals surface area contributed by atoms with Crippen molar-refractivity contribution in [1.82, 2.24) is 14.7 Å². The van der Waals surface area contributed by atoms with Crippen molar-refractivity contribution in [2.75, 3.05) is 45.8 Å². The molecule has 0 aliphatic carbocycles. The molecule has 2 saturated heterocycles. The average molecular weight is 257 g/mol. The number of amides is 2. The number of halogens is 1. The third kappa shape index (κ3) is 3.34. The minimum atomic E-state index is -0.830. The molecule has 2 amide bonds. The number of nitrogens with zero attached hydrogens (tertiary/aromatic N) is 3. The van der Waals surface area contributed by atoms with Crippen molar-refractivity contribution in [2.45, 2.75) is 32.4 Å². The van der Waals surface area contributed by atoms with Crippen molar-refractivity contribution >= 4 is 6.03 Å². The maximum atomic E-state index is 13.3. The molecular formula is C13H24FN3O. The molecule has 4 nitrogen and oxygen atoms in total. The van der Waals surface area contributed by atoms with Gasteiger partial charge in [0.2, 0.25) is 0 Å². The predicted octanol–water partition coefficient (Wildman–Crippen LogP) is 1.57. The molecule has 1 unspecified atom stereocenters. The van der Waals surface area contributed by atoms with Gasteiger partial charge in [0, 0.05) is 32.7 Å². The lowest BCUT2D eigenvalue weighted by Gasteiger charge is -2.39. The average Bonchev–Trinajstić information content (AvgIpc) is 2.39. The molecule has 2 fully saturated rings. The second-order valence-electron chi connectivity index (χ2n) is 5.30. The smallest absolute Gasteiger partial charge is 0.320 e. The van der Waals surface area contributed by atoms with Crippen molar-refractivity contribution in [2.24, 2.45) is 0 Å². The Balaban J connectivity index is 1.80. The van der Waals surface area contributed by atoms with Crippen LogP contribution in [0.5, 0.6) is 0 Å². The summed E-state index contributed by atoms with van der Waals surface area (Å²) in [7, 11) is 0. The SMILES string of the molecule is CCCN1CCN(C(=O)N2CCCC(F)C2)CC1. The van der Waals surface area contributed by atoms with Crippen molar-refractivity contribution in [3.05, 3.63) is 0 Å². The van der Waals surface area contributed by atoms with Crippen LogP contribution in [0, 0.1) is 0 Å². The van der Waals surface area contributed by atoms with E-state index < -0.39 is 6.17 Å². The Morgan fingerprint density at radius 3 is 2.50 bits per heavy atom. The lowest BCUT2D eigenvalue weighted by atomic mass is 10.1. The van der Waals surface area contributed by atoms with Gasteiger partial charge >= 0.3 is 6.03 Å². The van der Waals surface area contributed by atoms with Crippen LogP contribution in [-0.4, -0.2) is 72.7 Å². The molecule has 2 heterocycles. The molecular weight excluding hydrogens is 233 g/mol. The van der Waals surface area contributed by atoms with Crippen molar-refractivity contribution in [1.29, 1.82) is 0 Å². The van der Waals surface area contributed by atoms with Gasteiger partial charge in [-0.1, -0.05) is 6.92 Å². The van der Waals surface area contributed by atoms with Crippen LogP contribution in [-0.2, 0) is 0 Å². The summed E-state index contributed by atoms with van der Waals surface area (Å²) < 4.78 is 13.3. The maximum Gasteiger partial charge on any atom is 0.320 e. The van der Waals surface area contributed by atoms with Gasteiger partial charge in [0.25, 0.3) is 0 Å². The van der Waals surface area contributed by atoms with E-state index in [1.165, 1.54) is 0 Å². The monoisotopic (exact) mass is 257 g/mol. The molecule has 2 aliphatic heterocycles. The van der Waals surface area contributed by atoms with Crippen LogP contribution in [0.1, 0.15) is 26.2 Å². The van der Waals surface area contributed by atoms with Crippen molar-refractivity contribution in [3.63, 3.8) is 0 Å². The van der Waals surface area contributed by atoms with Crippen LogP contribution < -0.4 is 0 Å². The molecule has 18 heavy (non-hydrogen) atoms. The number of piperazine rings is 1. The Labute approximate surface area is 109 Å². The minimum Gasteiger partial charge on any atom is -0.322 e. The first-order valence-corrected chi connectivity index (χ1v) is 7.11. The minimum absolute atomic E-state index is 0.0356. The Kier molecular flexibility index (Phi) is 4.80. The van der Waals surface area contributed by atoms with Gasteiger partial charge in [-0.2, -0.15) is 0 Å². The quantitative estimate of drug-likeness (QED) is 0.751. The van der Waals surface area contributed by atoms with E-state index in [0.717, 1.165) is 45.6 Å². The van der Waals surface area contributed by atoms with Gasteiger partial charge in [-0.15, -0.1) is 0 Å². The van der Waals surface area contributed by atoms with Crippen LogP contribution in [0.15, 0.2) is 0 Å². The molecule has 2 rings (SSSR count). The Morgan fingerprint density at radius 2 is 1.89 bits per heavy atom. The van der Waals surface area contributed by atoms with E-state index in [1.54, 1.807) is 4.90 Å². The molecule has 5 heteroatoms. The molecule has 104 valence electrons. The highest BCUT2D eigenvalue weighted by atomic mass is 19.1. The van der Waals surface area contributed by atoms with E-state index in [2.05, 4.69) is 11.8 Å². The third-order valence-electron chi connectivity index (χ3n) is 3.82. The van der Waals surface area contributed by atoms with Crippen LogP contribution in [0.4, 0.5) is 9.18 Å². The highest BCUT2D eigenvalue weighted by Crippen LogP contribution is 2.15. The third-order valence-corrected chi connectivity index (χ3v) is 3.82. The summed E-state index contributed by atoms with van der Waals surface area (Å²) in [5.74, 6) is 0. The van der Waals surface area contributed by atoms with Gasteiger partial charge in [-0.05, 0) is 25.8 Å². The summed E-state index contributed by atoms with van der Waals surface area (Å²) in [5, 5.41) is 0. The molecule has 0 radical (unpaired) electrons. The van der Waals surface area contributed by atoms with Gasteiger partial charge in [0.15, 0.2) is 0 Å². The molecule has 2 aliphatic rings. The van der Waals surface area contributed by atoms with Crippen LogP contribution in [0.3, 0.4) is 0 Å². The highest BCUT2D eigenvalue weighted by Gasteiger charge is 2.28. The van der Waals surface area contributed by atoms with E-state index in [-0.39, 0.29) is 12.6 Å². The summed E-state index contributed by atoms with van der Waals surface area (Å²) in [6, 6.07) is 0.0356. The lowest BCUT2D eigenvalue weighted by molar-refractivity contribution is 0.0910. The second kappa shape index (κ2) is 6.36. The van der Waals surface area contributed by atoms with Crippen LogP contribution in [0.2, 0.25) is 0 Å². The Bertz CT molecular complexity index is 279. The number of carbonyl (C=O) groups is 1.